The average molecular weight is 467 g/mol. The Kier molecular flexibility index (Phi) is 12.3. The number of nitrogens with one attached hydrogen (secondary N) is 1. The van der Waals surface area contributed by atoms with E-state index in [2.05, 4.69) is 5.32 Å². The average Bonchev–Trinajstić information content (AvgIpc) is 2.70. The van der Waals surface area contributed by atoms with Crippen LogP contribution >= 0.6 is 0 Å². The fraction of sp³-hybridized carbons (Fsp3) is 0.625. The Labute approximate surface area is 196 Å². The van der Waals surface area contributed by atoms with Crippen LogP contribution in [0.3, 0.4) is 0 Å². The third-order valence-electron chi connectivity index (χ3n) is 4.47. The van der Waals surface area contributed by atoms with E-state index in [1.165, 1.54) is 12.1 Å². The highest BCUT2D eigenvalue weighted by Crippen LogP contribution is 2.32. The molecule has 0 heterocycles. The molecule has 0 aliphatic heterocycles. The molecule has 9 heteroatoms. The molecule has 0 spiro atoms. The molecule has 0 saturated carbocycles. The van der Waals surface area contributed by atoms with Crippen LogP contribution in [0, 0.1) is 0 Å². The van der Waals surface area contributed by atoms with Gasteiger partial charge in [-0.1, -0.05) is 0 Å². The van der Waals surface area contributed by atoms with Crippen molar-refractivity contribution >= 4 is 17.8 Å². The van der Waals surface area contributed by atoms with Gasteiger partial charge in [0.2, 0.25) is 0 Å². The van der Waals surface area contributed by atoms with Gasteiger partial charge in [-0.15, -0.1) is 0 Å². The number of nitrogens with two attached hydrogens (primary N) is 1. The van der Waals surface area contributed by atoms with Crippen LogP contribution in [0.25, 0.3) is 0 Å². The summed E-state index contributed by atoms with van der Waals surface area (Å²) in [5, 5.41) is 12.2. The minimum Gasteiger partial charge on any atom is -0.493 e. The first-order valence-electron chi connectivity index (χ1n) is 11.4. The highest BCUT2D eigenvalue weighted by Gasteiger charge is 2.18. The van der Waals surface area contributed by atoms with Crippen molar-refractivity contribution in [3.05, 3.63) is 23.3 Å². The van der Waals surface area contributed by atoms with Crippen molar-refractivity contribution in [3.63, 3.8) is 0 Å². The minimum absolute atomic E-state index is 0.0621. The van der Waals surface area contributed by atoms with Crippen LogP contribution in [0.4, 0.5) is 4.79 Å². The third kappa shape index (κ3) is 12.1. The second kappa shape index (κ2) is 14.4. The Morgan fingerprint density at radius 1 is 1.00 bits per heavy atom. The number of alkyl carbamates (subject to hydrolysis) is 1. The number of Topliss-reactive ketones (excluding diaryl/α,β-unsaturated/α-hetero) is 1. The van der Waals surface area contributed by atoms with E-state index >= 15 is 0 Å². The van der Waals surface area contributed by atoms with Gasteiger partial charge in [-0.25, -0.2) is 9.59 Å². The summed E-state index contributed by atoms with van der Waals surface area (Å²) in [6.45, 7) is 8.45. The van der Waals surface area contributed by atoms with Crippen molar-refractivity contribution in [3.8, 4) is 11.5 Å². The maximum Gasteiger partial charge on any atom is 0.407 e. The van der Waals surface area contributed by atoms with Crippen LogP contribution in [-0.2, 0) is 16.0 Å². The lowest BCUT2D eigenvalue weighted by Crippen LogP contribution is -2.33. The Morgan fingerprint density at radius 3 is 2.12 bits per heavy atom. The molecule has 0 unspecified atom stereocenters. The van der Waals surface area contributed by atoms with Gasteiger partial charge >= 0.3 is 12.1 Å². The molecule has 1 aromatic carbocycles. The quantitative estimate of drug-likeness (QED) is 0.333. The standard InChI is InChI=1S/C24H38N2O7/c1-17(27)9-5-6-13-31-20-15-18(22(28)29)16-21(32-14-8-11-25)19(20)10-7-12-26-23(30)33-24(2,3)4/h15-16H,5-14,25H2,1-4H3,(H,26,30)(H,28,29). The van der Waals surface area contributed by atoms with E-state index in [0.717, 1.165) is 5.56 Å². The zero-order chi connectivity index (χ0) is 24.9. The lowest BCUT2D eigenvalue weighted by Gasteiger charge is -2.20. The number of ketones is 1. The number of aromatic carboxylic acids is 1. The zero-order valence-corrected chi connectivity index (χ0v) is 20.2. The predicted molar refractivity (Wildman–Crippen MR) is 125 cm³/mol. The first-order chi connectivity index (χ1) is 15.5. The van der Waals surface area contributed by atoms with Crippen LogP contribution in [0.15, 0.2) is 12.1 Å². The van der Waals surface area contributed by atoms with Crippen molar-refractivity contribution in [2.45, 2.75) is 71.8 Å². The SMILES string of the molecule is CC(=O)CCCCOc1cc(C(=O)O)cc(OCCCN)c1CCCNC(=O)OC(C)(C)C. The Hall–Kier alpha value is -2.81. The number of ether oxygens (including phenoxy) is 3. The molecule has 0 saturated heterocycles. The molecule has 0 atom stereocenters. The lowest BCUT2D eigenvalue weighted by molar-refractivity contribution is -0.117. The number of carboxylic acids is 1. The van der Waals surface area contributed by atoms with Gasteiger partial charge in [0, 0.05) is 18.5 Å². The number of benzene rings is 1. The van der Waals surface area contributed by atoms with Crippen molar-refractivity contribution in [1.29, 1.82) is 0 Å². The normalized spacial score (nSPS) is 11.1. The molecule has 0 aliphatic rings. The van der Waals surface area contributed by atoms with Gasteiger partial charge in [0.25, 0.3) is 0 Å². The molecule has 0 radical (unpaired) electrons. The van der Waals surface area contributed by atoms with E-state index in [1.54, 1.807) is 27.7 Å². The number of amides is 1. The van der Waals surface area contributed by atoms with Crippen LogP contribution in [0.2, 0.25) is 0 Å². The predicted octanol–water partition coefficient (Wildman–Crippen LogP) is 3.71. The second-order valence-electron chi connectivity index (χ2n) is 8.79. The minimum atomic E-state index is -1.08. The van der Waals surface area contributed by atoms with Gasteiger partial charge in [-0.2, -0.15) is 0 Å². The van der Waals surface area contributed by atoms with E-state index in [-0.39, 0.29) is 11.3 Å². The first kappa shape index (κ1) is 28.2. The molecule has 1 amide bonds. The highest BCUT2D eigenvalue weighted by atomic mass is 16.6. The molecule has 9 nitrogen and oxygen atoms in total. The number of unbranched alkanes of at least 4 members (excludes halogenated alkanes) is 1. The van der Waals surface area contributed by atoms with Gasteiger partial charge in [0.05, 0.1) is 18.8 Å². The second-order valence-corrected chi connectivity index (χ2v) is 8.79. The van der Waals surface area contributed by atoms with E-state index in [9.17, 15) is 19.5 Å². The fourth-order valence-corrected chi connectivity index (χ4v) is 2.94. The summed E-state index contributed by atoms with van der Waals surface area (Å²) in [6.07, 6.45) is 3.04. The van der Waals surface area contributed by atoms with Crippen molar-refractivity contribution in [2.24, 2.45) is 5.73 Å². The summed E-state index contributed by atoms with van der Waals surface area (Å²) < 4.78 is 17.0. The van der Waals surface area contributed by atoms with E-state index in [0.29, 0.717) is 76.3 Å². The molecule has 33 heavy (non-hydrogen) atoms. The molecular formula is C24H38N2O7. The molecule has 0 bridgehead atoms. The van der Waals surface area contributed by atoms with Crippen molar-refractivity contribution in [1.82, 2.24) is 5.32 Å². The fourth-order valence-electron chi connectivity index (χ4n) is 2.94. The summed E-state index contributed by atoms with van der Waals surface area (Å²) in [5.41, 5.74) is 5.76. The molecule has 0 aliphatic carbocycles. The van der Waals surface area contributed by atoms with Gasteiger partial charge in [0.1, 0.15) is 22.9 Å². The number of carbonyl (C=O) groups excluding carboxylic acids is 2. The highest BCUT2D eigenvalue weighted by molar-refractivity contribution is 5.89. The first-order valence-corrected chi connectivity index (χ1v) is 11.4. The monoisotopic (exact) mass is 466 g/mol. The molecular weight excluding hydrogens is 428 g/mol. The lowest BCUT2D eigenvalue weighted by atomic mass is 10.0. The number of hydrogen-bond donors (Lipinski definition) is 3. The smallest absolute Gasteiger partial charge is 0.407 e. The van der Waals surface area contributed by atoms with E-state index < -0.39 is 17.7 Å². The van der Waals surface area contributed by atoms with Gasteiger partial charge in [0.15, 0.2) is 0 Å². The number of hydrogen-bond acceptors (Lipinski definition) is 7. The summed E-state index contributed by atoms with van der Waals surface area (Å²) in [5.74, 6) is -0.105. The Bertz CT molecular complexity index is 788. The van der Waals surface area contributed by atoms with Crippen molar-refractivity contribution < 1.29 is 33.7 Å². The van der Waals surface area contributed by atoms with Gasteiger partial charge in [-0.05, 0) is 78.5 Å². The largest absolute Gasteiger partial charge is 0.493 e. The summed E-state index contributed by atoms with van der Waals surface area (Å²) in [4.78, 5) is 34.6. The number of carboxylic acid groups (broad SMARTS) is 1. The maximum absolute atomic E-state index is 11.9. The number of carbonyl (C=O) groups is 3. The number of rotatable bonds is 15. The van der Waals surface area contributed by atoms with E-state index in [4.69, 9.17) is 19.9 Å². The Balaban J connectivity index is 2.93. The van der Waals surface area contributed by atoms with Crippen LogP contribution < -0.4 is 20.5 Å². The third-order valence-corrected chi connectivity index (χ3v) is 4.47. The topological polar surface area (TPSA) is 137 Å². The Morgan fingerprint density at radius 2 is 1.61 bits per heavy atom. The molecule has 1 rings (SSSR count). The van der Waals surface area contributed by atoms with E-state index in [1.807, 2.05) is 0 Å². The molecule has 0 aromatic heterocycles. The maximum atomic E-state index is 11.9. The van der Waals surface area contributed by atoms with Gasteiger partial charge < -0.3 is 35.2 Å². The van der Waals surface area contributed by atoms with Crippen LogP contribution in [0.5, 0.6) is 11.5 Å². The van der Waals surface area contributed by atoms with Crippen LogP contribution in [-0.4, -0.2) is 54.9 Å². The molecule has 186 valence electrons. The van der Waals surface area contributed by atoms with Crippen molar-refractivity contribution in [2.75, 3.05) is 26.3 Å². The molecule has 1 aromatic rings. The van der Waals surface area contributed by atoms with Gasteiger partial charge in [-0.3, -0.25) is 0 Å². The molecule has 4 N–H and O–H groups in total. The zero-order valence-electron chi connectivity index (χ0n) is 20.2. The van der Waals surface area contributed by atoms with Crippen LogP contribution in [0.1, 0.15) is 75.7 Å². The molecule has 0 fully saturated rings. The summed E-state index contributed by atoms with van der Waals surface area (Å²) in [7, 11) is 0. The summed E-state index contributed by atoms with van der Waals surface area (Å²) >= 11 is 0. The summed E-state index contributed by atoms with van der Waals surface area (Å²) in [6, 6.07) is 2.97.